The first kappa shape index (κ1) is 11.9. The van der Waals surface area contributed by atoms with Gasteiger partial charge in [0.05, 0.1) is 0 Å². The second-order valence-corrected chi connectivity index (χ2v) is 6.54. The number of nitrogens with zero attached hydrogens (tertiary/aromatic N) is 1. The van der Waals surface area contributed by atoms with Crippen molar-refractivity contribution in [3.05, 3.63) is 29.6 Å². The summed E-state index contributed by atoms with van der Waals surface area (Å²) in [7, 11) is 0. The van der Waals surface area contributed by atoms with Crippen LogP contribution in [0.15, 0.2) is 18.3 Å². The highest BCUT2D eigenvalue weighted by Gasteiger charge is 2.40. The minimum Gasteiger partial charge on any atom is -0.384 e. The van der Waals surface area contributed by atoms with Gasteiger partial charge in [0.1, 0.15) is 5.60 Å². The predicted octanol–water partition coefficient (Wildman–Crippen LogP) is 2.74. The van der Waals surface area contributed by atoms with Crippen molar-refractivity contribution in [3.8, 4) is 0 Å². The average Bonchev–Trinajstić information content (AvgIpc) is 2.16. The van der Waals surface area contributed by atoms with Gasteiger partial charge in [-0.25, -0.2) is 0 Å². The van der Waals surface area contributed by atoms with E-state index < -0.39 is 5.60 Å². The van der Waals surface area contributed by atoms with Crippen LogP contribution < -0.4 is 0 Å². The fraction of sp³-hybridized carbons (Fsp3) is 0.615. The lowest BCUT2D eigenvalue weighted by atomic mass is 9.79. The molecule has 0 aliphatic carbocycles. The number of aromatic nitrogens is 1. The van der Waals surface area contributed by atoms with E-state index in [0.29, 0.717) is 0 Å². The molecule has 0 saturated carbocycles. The highest BCUT2D eigenvalue weighted by Crippen LogP contribution is 2.44. The van der Waals surface area contributed by atoms with Crippen molar-refractivity contribution < 1.29 is 5.11 Å². The second-order valence-electron chi connectivity index (χ2n) is 5.55. The molecule has 1 aromatic rings. The van der Waals surface area contributed by atoms with Gasteiger partial charge >= 0.3 is 0 Å². The van der Waals surface area contributed by atoms with Crippen LogP contribution in [-0.2, 0) is 5.60 Å². The normalized spacial score (nSPS) is 29.0. The predicted molar refractivity (Wildman–Crippen MR) is 68.6 cm³/mol. The molecule has 2 nitrogen and oxygen atoms in total. The van der Waals surface area contributed by atoms with Crippen LogP contribution >= 0.6 is 11.8 Å². The number of pyridine rings is 1. The topological polar surface area (TPSA) is 33.1 Å². The van der Waals surface area contributed by atoms with Gasteiger partial charge in [-0.2, -0.15) is 11.8 Å². The summed E-state index contributed by atoms with van der Waals surface area (Å²) in [6.07, 6.45) is 2.63. The first-order chi connectivity index (χ1) is 7.41. The van der Waals surface area contributed by atoms with Crippen molar-refractivity contribution in [2.75, 3.05) is 11.5 Å². The van der Waals surface area contributed by atoms with Crippen LogP contribution in [0, 0.1) is 12.3 Å². The molecule has 0 spiro atoms. The molecule has 0 amide bonds. The van der Waals surface area contributed by atoms with E-state index in [9.17, 15) is 5.11 Å². The summed E-state index contributed by atoms with van der Waals surface area (Å²) in [5, 5.41) is 10.7. The lowest BCUT2D eigenvalue weighted by Gasteiger charge is -2.41. The van der Waals surface area contributed by atoms with Crippen LogP contribution in [0.3, 0.4) is 0 Å². The molecule has 2 rings (SSSR count). The maximum absolute atomic E-state index is 10.7. The standard InChI is InChI=1S/C13H19NOS/c1-10-4-5-11(6-14-10)13(15)7-12(2,3)8-16-9-13/h4-6,15H,7-9H2,1-3H3. The monoisotopic (exact) mass is 237 g/mol. The minimum atomic E-state index is -0.701. The molecule has 0 bridgehead atoms. The molecule has 1 atom stereocenters. The zero-order valence-corrected chi connectivity index (χ0v) is 11.0. The van der Waals surface area contributed by atoms with Crippen molar-refractivity contribution in [1.29, 1.82) is 0 Å². The Morgan fingerprint density at radius 3 is 2.62 bits per heavy atom. The van der Waals surface area contributed by atoms with Crippen molar-refractivity contribution in [2.24, 2.45) is 5.41 Å². The SMILES string of the molecule is Cc1ccc(C2(O)CSCC(C)(C)C2)cn1. The van der Waals surface area contributed by atoms with E-state index in [1.165, 1.54) is 0 Å². The Morgan fingerprint density at radius 2 is 2.06 bits per heavy atom. The van der Waals surface area contributed by atoms with Gasteiger partial charge < -0.3 is 5.11 Å². The van der Waals surface area contributed by atoms with E-state index in [-0.39, 0.29) is 5.41 Å². The Balaban J connectivity index is 2.27. The first-order valence-corrected chi connectivity index (χ1v) is 6.80. The van der Waals surface area contributed by atoms with Gasteiger partial charge in [0.2, 0.25) is 0 Å². The molecule has 88 valence electrons. The molecule has 3 heteroatoms. The number of rotatable bonds is 1. The fourth-order valence-corrected chi connectivity index (χ4v) is 3.68. The van der Waals surface area contributed by atoms with E-state index in [1.807, 2.05) is 37.0 Å². The smallest absolute Gasteiger partial charge is 0.101 e. The first-order valence-electron chi connectivity index (χ1n) is 5.65. The fourth-order valence-electron chi connectivity index (χ4n) is 2.32. The highest BCUT2D eigenvalue weighted by molar-refractivity contribution is 7.99. The van der Waals surface area contributed by atoms with Gasteiger partial charge in [-0.1, -0.05) is 19.9 Å². The molecular weight excluding hydrogens is 218 g/mol. The van der Waals surface area contributed by atoms with Crippen molar-refractivity contribution in [3.63, 3.8) is 0 Å². The number of hydrogen-bond acceptors (Lipinski definition) is 3. The average molecular weight is 237 g/mol. The molecule has 2 heterocycles. The largest absolute Gasteiger partial charge is 0.384 e. The van der Waals surface area contributed by atoms with Crippen LogP contribution in [-0.4, -0.2) is 21.6 Å². The number of hydrogen-bond donors (Lipinski definition) is 1. The number of thioether (sulfide) groups is 1. The lowest BCUT2D eigenvalue weighted by molar-refractivity contribution is 0.0153. The maximum Gasteiger partial charge on any atom is 0.101 e. The van der Waals surface area contributed by atoms with E-state index >= 15 is 0 Å². The zero-order valence-electron chi connectivity index (χ0n) is 10.2. The summed E-state index contributed by atoms with van der Waals surface area (Å²) in [6, 6.07) is 3.98. The van der Waals surface area contributed by atoms with Crippen LogP contribution in [0.4, 0.5) is 0 Å². The van der Waals surface area contributed by atoms with Gasteiger partial charge in [-0.3, -0.25) is 4.98 Å². The van der Waals surface area contributed by atoms with Crippen LogP contribution in [0.25, 0.3) is 0 Å². The third kappa shape index (κ3) is 2.41. The van der Waals surface area contributed by atoms with Crippen LogP contribution in [0.5, 0.6) is 0 Å². The molecule has 1 fully saturated rings. The second kappa shape index (κ2) is 4.04. The maximum atomic E-state index is 10.7. The lowest BCUT2D eigenvalue weighted by Crippen LogP contribution is -2.40. The minimum absolute atomic E-state index is 0.197. The third-order valence-electron chi connectivity index (χ3n) is 3.05. The summed E-state index contributed by atoms with van der Waals surface area (Å²) >= 11 is 1.83. The molecular formula is C13H19NOS. The summed E-state index contributed by atoms with van der Waals surface area (Å²) in [5.41, 5.74) is 1.45. The van der Waals surface area contributed by atoms with Crippen molar-refractivity contribution in [2.45, 2.75) is 32.8 Å². The quantitative estimate of drug-likeness (QED) is 0.815. The van der Waals surface area contributed by atoms with E-state index in [4.69, 9.17) is 0 Å². The molecule has 1 saturated heterocycles. The number of aliphatic hydroxyl groups is 1. The third-order valence-corrected chi connectivity index (χ3v) is 4.72. The van der Waals surface area contributed by atoms with Gasteiger partial charge in [0.25, 0.3) is 0 Å². The van der Waals surface area contributed by atoms with E-state index in [1.54, 1.807) is 0 Å². The van der Waals surface area contributed by atoms with E-state index in [2.05, 4.69) is 18.8 Å². The van der Waals surface area contributed by atoms with Gasteiger partial charge in [0.15, 0.2) is 0 Å². The van der Waals surface area contributed by atoms with Crippen molar-refractivity contribution in [1.82, 2.24) is 4.98 Å². The molecule has 1 aliphatic heterocycles. The van der Waals surface area contributed by atoms with Crippen LogP contribution in [0.1, 0.15) is 31.5 Å². The van der Waals surface area contributed by atoms with Crippen molar-refractivity contribution >= 4 is 11.8 Å². The molecule has 0 radical (unpaired) electrons. The molecule has 16 heavy (non-hydrogen) atoms. The Hall–Kier alpha value is -0.540. The highest BCUT2D eigenvalue weighted by atomic mass is 32.2. The van der Waals surface area contributed by atoms with Gasteiger partial charge in [0, 0.05) is 23.2 Å². The Kier molecular flexibility index (Phi) is 3.01. The zero-order chi connectivity index (χ0) is 11.8. The summed E-state index contributed by atoms with van der Waals surface area (Å²) in [5.74, 6) is 1.90. The molecule has 0 aromatic carbocycles. The van der Waals surface area contributed by atoms with E-state index in [0.717, 1.165) is 29.2 Å². The van der Waals surface area contributed by atoms with Gasteiger partial charge in [-0.15, -0.1) is 0 Å². The molecule has 1 aromatic heterocycles. The van der Waals surface area contributed by atoms with Gasteiger partial charge in [-0.05, 0) is 30.6 Å². The molecule has 1 unspecified atom stereocenters. The summed E-state index contributed by atoms with van der Waals surface area (Å²) in [4.78, 5) is 4.28. The Labute approximate surface area is 101 Å². The van der Waals surface area contributed by atoms with Crippen LogP contribution in [0.2, 0.25) is 0 Å². The summed E-state index contributed by atoms with van der Waals surface area (Å²) in [6.45, 7) is 6.39. The Morgan fingerprint density at radius 1 is 1.31 bits per heavy atom. The Bertz CT molecular complexity index is 374. The summed E-state index contributed by atoms with van der Waals surface area (Å²) < 4.78 is 0. The number of aryl methyl sites for hydroxylation is 1. The molecule has 1 N–H and O–H groups in total. The molecule has 1 aliphatic rings.